The van der Waals surface area contributed by atoms with Gasteiger partial charge in [0.05, 0.1) is 27.8 Å². The van der Waals surface area contributed by atoms with E-state index in [0.717, 1.165) is 9.87 Å². The van der Waals surface area contributed by atoms with Gasteiger partial charge in [0.25, 0.3) is 11.3 Å². The van der Waals surface area contributed by atoms with E-state index in [4.69, 9.17) is 17.0 Å². The molecular formula is C26H31NO6S. The monoisotopic (exact) mass is 487 g/mol. The minimum Gasteiger partial charge on any atom is -0.493 e. The highest BCUT2D eigenvalue weighted by atomic mass is 32.2. The van der Waals surface area contributed by atoms with Crippen molar-refractivity contribution in [1.82, 2.24) is 0 Å². The quantitative estimate of drug-likeness (QED) is 0.219. The summed E-state index contributed by atoms with van der Waals surface area (Å²) >= 11 is -2.69. The van der Waals surface area contributed by atoms with Crippen molar-refractivity contribution in [2.45, 2.75) is 51.9 Å². The number of nitrogens with zero attached hydrogens (tertiary/aromatic N) is 1. The van der Waals surface area contributed by atoms with Crippen molar-refractivity contribution in [2.75, 3.05) is 10.9 Å². The van der Waals surface area contributed by atoms with Gasteiger partial charge in [0, 0.05) is 17.5 Å². The van der Waals surface area contributed by atoms with Crippen molar-refractivity contribution >= 4 is 22.9 Å². The number of unbranched alkanes of at least 4 members (excludes halogenated alkanes) is 2. The molecule has 0 saturated heterocycles. The van der Waals surface area contributed by atoms with Gasteiger partial charge in [-0.3, -0.25) is 13.7 Å². The maximum Gasteiger partial charge on any atom is 0.303 e. The third-order valence-corrected chi connectivity index (χ3v) is 5.83. The zero-order chi connectivity index (χ0) is 26.3. The number of hydrogen-bond donors (Lipinski definition) is 2. The molecular weight excluding hydrogens is 454 g/mol. The second-order valence-corrected chi connectivity index (χ2v) is 8.92. The Labute approximate surface area is 205 Å². The lowest BCUT2D eigenvalue weighted by Gasteiger charge is -2.25. The van der Waals surface area contributed by atoms with E-state index in [0.29, 0.717) is 30.6 Å². The van der Waals surface area contributed by atoms with Crippen LogP contribution < -0.4 is 9.04 Å². The number of benzene rings is 2. The van der Waals surface area contributed by atoms with E-state index < -0.39 is 23.7 Å². The molecule has 1 heterocycles. The Morgan fingerprint density at radius 3 is 2.62 bits per heavy atom. The fourth-order valence-corrected chi connectivity index (χ4v) is 4.02. The van der Waals surface area contributed by atoms with E-state index in [-0.39, 0.29) is 35.9 Å². The molecule has 0 amide bonds. The van der Waals surface area contributed by atoms with Gasteiger partial charge in [0.1, 0.15) is 11.5 Å². The van der Waals surface area contributed by atoms with E-state index in [1.807, 2.05) is 26.0 Å². The van der Waals surface area contributed by atoms with Crippen LogP contribution in [0.5, 0.6) is 5.75 Å². The molecule has 0 spiro atoms. The van der Waals surface area contributed by atoms with Crippen LogP contribution >= 0.6 is 0 Å². The summed E-state index contributed by atoms with van der Waals surface area (Å²) in [5, 5.41) is 8.75. The zero-order valence-corrected chi connectivity index (χ0v) is 20.1. The lowest BCUT2D eigenvalue weighted by atomic mass is 9.97. The maximum absolute atomic E-state index is 12.6. The summed E-state index contributed by atoms with van der Waals surface area (Å²) in [4.78, 5) is 10.7. The predicted octanol–water partition coefficient (Wildman–Crippen LogP) is 6.24. The van der Waals surface area contributed by atoms with E-state index in [2.05, 4.69) is 0 Å². The molecule has 0 aliphatic rings. The predicted molar refractivity (Wildman–Crippen MR) is 133 cm³/mol. The number of carbonyl (C=O) groups is 1. The molecule has 0 aliphatic carbocycles. The highest BCUT2D eigenvalue weighted by molar-refractivity contribution is 7.80. The van der Waals surface area contributed by atoms with Gasteiger partial charge >= 0.3 is 5.97 Å². The molecule has 0 saturated carbocycles. The van der Waals surface area contributed by atoms with E-state index in [1.165, 1.54) is 6.07 Å². The topological polar surface area (TPSA) is 100 Å². The number of hydrogen-bond acceptors (Lipinski definition) is 4. The van der Waals surface area contributed by atoms with Crippen LogP contribution in [-0.4, -0.2) is 26.4 Å². The second kappa shape index (κ2) is 12.4. The van der Waals surface area contributed by atoms with Gasteiger partial charge in [-0.05, 0) is 67.1 Å². The van der Waals surface area contributed by atoms with Gasteiger partial charge < -0.3 is 14.3 Å². The molecule has 8 heteroatoms. The Balaban J connectivity index is 1.92. The molecule has 7 nitrogen and oxygen atoms in total. The Morgan fingerprint density at radius 1 is 1.15 bits per heavy atom. The molecule has 3 aromatic rings. The van der Waals surface area contributed by atoms with Gasteiger partial charge in [-0.15, -0.1) is 0 Å². The number of rotatable bonds is 13. The minimum absolute atomic E-state index is 0.0749. The summed E-state index contributed by atoms with van der Waals surface area (Å²) in [5.74, 6) is -0.0155. The molecule has 2 aromatic carbocycles. The standard InChI is InChI=1S/C26H31NO6S/c1-19(2)22-17-20(24-11-8-16-33-24)13-14-23(22)27(34(30)31)18-21-9-5-6-10-25(21)32-15-7-3-4-12-26(28)29/h5-6,8-11,13-14,16-17,19H,3-4,7,12,15,18H2,1-2H3,(H,28,29)(H,30,31)/i18D2. The number of furan rings is 1. The largest absolute Gasteiger partial charge is 0.493 e. The fourth-order valence-electron chi connectivity index (χ4n) is 3.51. The average Bonchev–Trinajstić information content (AvgIpc) is 3.36. The van der Waals surface area contributed by atoms with Crippen LogP contribution in [0.15, 0.2) is 65.3 Å². The third-order valence-electron chi connectivity index (χ3n) is 5.23. The van der Waals surface area contributed by atoms with Gasteiger partial charge in [0.2, 0.25) is 0 Å². The van der Waals surface area contributed by atoms with Crippen LogP contribution in [0, 0.1) is 0 Å². The lowest BCUT2D eigenvalue weighted by Crippen LogP contribution is -2.26. The highest BCUT2D eigenvalue weighted by Crippen LogP contribution is 2.35. The molecule has 34 heavy (non-hydrogen) atoms. The van der Waals surface area contributed by atoms with E-state index in [9.17, 15) is 13.6 Å². The third kappa shape index (κ3) is 6.95. The van der Waals surface area contributed by atoms with Gasteiger partial charge in [0.15, 0.2) is 0 Å². The molecule has 182 valence electrons. The maximum atomic E-state index is 12.6. The first kappa shape index (κ1) is 22.7. The van der Waals surface area contributed by atoms with Crippen molar-refractivity contribution in [1.29, 1.82) is 0 Å². The molecule has 0 radical (unpaired) electrons. The van der Waals surface area contributed by atoms with Crippen molar-refractivity contribution < 1.29 is 30.6 Å². The van der Waals surface area contributed by atoms with Gasteiger partial charge in [-0.1, -0.05) is 32.0 Å². The lowest BCUT2D eigenvalue weighted by molar-refractivity contribution is -0.137. The van der Waals surface area contributed by atoms with Crippen LogP contribution in [0.2, 0.25) is 0 Å². The SMILES string of the molecule is [2H]C([2H])(c1ccccc1OCCCCCC(=O)O)N(c1ccc(-c2ccco2)cc1C(C)C)S(=O)O. The van der Waals surface area contributed by atoms with Crippen LogP contribution in [0.1, 0.15) is 59.3 Å². The highest BCUT2D eigenvalue weighted by Gasteiger charge is 2.21. The number of carboxylic acids is 1. The Kier molecular flexibility index (Phi) is 8.26. The molecule has 2 N–H and O–H groups in total. The summed E-state index contributed by atoms with van der Waals surface area (Å²) in [7, 11) is 0. The van der Waals surface area contributed by atoms with Crippen LogP contribution in [0.3, 0.4) is 0 Å². The van der Waals surface area contributed by atoms with Crippen molar-refractivity contribution in [3.8, 4) is 17.1 Å². The Morgan fingerprint density at radius 2 is 1.94 bits per heavy atom. The Hall–Kier alpha value is -3.10. The van der Waals surface area contributed by atoms with E-state index >= 15 is 0 Å². The summed E-state index contributed by atoms with van der Waals surface area (Å²) in [6, 6.07) is 15.3. The molecule has 1 unspecified atom stereocenters. The zero-order valence-electron chi connectivity index (χ0n) is 21.3. The molecule has 1 atom stereocenters. The smallest absolute Gasteiger partial charge is 0.303 e. The van der Waals surface area contributed by atoms with Crippen LogP contribution in [0.4, 0.5) is 5.69 Å². The number of carboxylic acid groups (broad SMARTS) is 1. The first-order valence-electron chi connectivity index (χ1n) is 12.2. The average molecular weight is 488 g/mol. The second-order valence-electron chi connectivity index (χ2n) is 8.09. The Bertz CT molecular complexity index is 1180. The first-order chi connectivity index (χ1) is 17.1. The van der Waals surface area contributed by atoms with Crippen LogP contribution in [-0.2, 0) is 22.6 Å². The summed E-state index contributed by atoms with van der Waals surface area (Å²) in [5.41, 5.74) is 1.87. The van der Waals surface area contributed by atoms with Crippen molar-refractivity contribution in [3.63, 3.8) is 0 Å². The first-order valence-corrected chi connectivity index (χ1v) is 12.2. The minimum atomic E-state index is -2.69. The molecule has 0 aliphatic heterocycles. The van der Waals surface area contributed by atoms with Gasteiger partial charge in [-0.25, -0.2) is 4.21 Å². The summed E-state index contributed by atoms with van der Waals surface area (Å²) in [6.07, 6.45) is 3.45. The molecule has 0 bridgehead atoms. The van der Waals surface area contributed by atoms with Crippen molar-refractivity contribution in [2.24, 2.45) is 0 Å². The summed E-state index contributed by atoms with van der Waals surface area (Å²) in [6.45, 7) is 1.74. The number of ether oxygens (including phenoxy) is 1. The molecule has 1 aromatic heterocycles. The number of aliphatic carboxylic acids is 1. The summed E-state index contributed by atoms with van der Waals surface area (Å²) < 4.78 is 52.9. The van der Waals surface area contributed by atoms with Crippen molar-refractivity contribution in [3.05, 3.63) is 72.0 Å². The van der Waals surface area contributed by atoms with E-state index in [1.54, 1.807) is 42.7 Å². The molecule has 0 fully saturated rings. The number of anilines is 1. The normalized spacial score (nSPS) is 13.3. The molecule has 3 rings (SSSR count). The number of para-hydroxylation sites is 1. The fraction of sp³-hybridized carbons (Fsp3) is 0.346. The van der Waals surface area contributed by atoms with Crippen LogP contribution in [0.25, 0.3) is 11.3 Å². The van der Waals surface area contributed by atoms with Gasteiger partial charge in [-0.2, -0.15) is 0 Å².